The van der Waals surface area contributed by atoms with Crippen molar-refractivity contribution in [2.45, 2.75) is 31.0 Å². The van der Waals surface area contributed by atoms with Crippen LogP contribution in [0.1, 0.15) is 24.4 Å². The van der Waals surface area contributed by atoms with Crippen molar-refractivity contribution in [1.82, 2.24) is 15.1 Å². The van der Waals surface area contributed by atoms with Gasteiger partial charge >= 0.3 is 0 Å². The zero-order valence-corrected chi connectivity index (χ0v) is 12.9. The van der Waals surface area contributed by atoms with Crippen molar-refractivity contribution in [1.29, 1.82) is 0 Å². The average Bonchev–Trinajstić information content (AvgIpc) is 2.56. The maximum atomic E-state index is 9.71. The summed E-state index contributed by atoms with van der Waals surface area (Å²) < 4.78 is 0. The lowest BCUT2D eigenvalue weighted by atomic mass is 9.96. The highest BCUT2D eigenvalue weighted by Gasteiger charge is 2.34. The lowest BCUT2D eigenvalue weighted by Crippen LogP contribution is -2.59. The Morgan fingerprint density at radius 1 is 1.19 bits per heavy atom. The van der Waals surface area contributed by atoms with E-state index >= 15 is 0 Å². The van der Waals surface area contributed by atoms with E-state index in [0.717, 1.165) is 13.1 Å². The van der Waals surface area contributed by atoms with Crippen molar-refractivity contribution in [3.63, 3.8) is 0 Å². The Bertz CT molecular complexity index is 431. The van der Waals surface area contributed by atoms with Gasteiger partial charge in [0.2, 0.25) is 0 Å². The number of rotatable bonds is 3. The van der Waals surface area contributed by atoms with E-state index in [4.69, 9.17) is 0 Å². The second-order valence-electron chi connectivity index (χ2n) is 6.44. The Morgan fingerprint density at radius 3 is 2.57 bits per heavy atom. The molecule has 116 valence electrons. The molecule has 4 nitrogen and oxygen atoms in total. The van der Waals surface area contributed by atoms with Gasteiger partial charge in [-0.3, -0.25) is 4.90 Å². The molecule has 4 heteroatoms. The molecule has 2 N–H and O–H groups in total. The van der Waals surface area contributed by atoms with Gasteiger partial charge in [-0.1, -0.05) is 30.3 Å². The van der Waals surface area contributed by atoms with E-state index in [-0.39, 0.29) is 12.6 Å². The van der Waals surface area contributed by atoms with Gasteiger partial charge in [0.05, 0.1) is 6.61 Å². The van der Waals surface area contributed by atoms with Crippen molar-refractivity contribution in [2.75, 3.05) is 39.8 Å². The molecule has 2 unspecified atom stereocenters. The Labute approximate surface area is 127 Å². The largest absolute Gasteiger partial charge is 0.395 e. The first-order chi connectivity index (χ1) is 10.3. The molecule has 0 aliphatic carbocycles. The van der Waals surface area contributed by atoms with Crippen molar-refractivity contribution in [2.24, 2.45) is 0 Å². The van der Waals surface area contributed by atoms with Gasteiger partial charge in [0, 0.05) is 31.2 Å². The van der Waals surface area contributed by atoms with Crippen molar-refractivity contribution in [3.05, 3.63) is 35.9 Å². The third kappa shape index (κ3) is 3.46. The number of aliphatic hydroxyl groups excluding tert-OH is 1. The fourth-order valence-electron chi connectivity index (χ4n) is 3.67. The molecule has 1 aromatic carbocycles. The summed E-state index contributed by atoms with van der Waals surface area (Å²) in [7, 11) is 2.20. The van der Waals surface area contributed by atoms with E-state index in [9.17, 15) is 5.11 Å². The number of hydrogen-bond donors (Lipinski definition) is 2. The molecular weight excluding hydrogens is 262 g/mol. The number of likely N-dealkylation sites (tertiary alicyclic amines) is 1. The summed E-state index contributed by atoms with van der Waals surface area (Å²) in [6, 6.07) is 11.9. The van der Waals surface area contributed by atoms with Gasteiger partial charge < -0.3 is 15.3 Å². The van der Waals surface area contributed by atoms with Gasteiger partial charge in [-0.05, 0) is 38.5 Å². The molecule has 0 saturated carbocycles. The number of aliphatic hydroxyl groups is 1. The van der Waals surface area contributed by atoms with Crippen LogP contribution in [0, 0.1) is 0 Å². The number of benzene rings is 1. The molecule has 2 atom stereocenters. The summed E-state index contributed by atoms with van der Waals surface area (Å²) in [6.45, 7) is 4.47. The molecule has 0 radical (unpaired) electrons. The van der Waals surface area contributed by atoms with E-state index in [1.54, 1.807) is 0 Å². The van der Waals surface area contributed by atoms with Crippen LogP contribution in [0.5, 0.6) is 0 Å². The normalized spacial score (nSPS) is 29.6. The summed E-state index contributed by atoms with van der Waals surface area (Å²) in [4.78, 5) is 4.96. The van der Waals surface area contributed by atoms with E-state index in [0.29, 0.717) is 12.1 Å². The van der Waals surface area contributed by atoms with Crippen LogP contribution >= 0.6 is 0 Å². The lowest BCUT2D eigenvalue weighted by molar-refractivity contribution is 0.0209. The zero-order chi connectivity index (χ0) is 14.7. The number of hydrogen-bond acceptors (Lipinski definition) is 4. The molecule has 2 fully saturated rings. The highest BCUT2D eigenvalue weighted by molar-refractivity contribution is 5.20. The summed E-state index contributed by atoms with van der Waals surface area (Å²) in [5, 5.41) is 13.3. The smallest absolute Gasteiger partial charge is 0.0599 e. The maximum Gasteiger partial charge on any atom is 0.0599 e. The fourth-order valence-corrected chi connectivity index (χ4v) is 3.67. The lowest BCUT2D eigenvalue weighted by Gasteiger charge is -2.46. The summed E-state index contributed by atoms with van der Waals surface area (Å²) in [5.74, 6) is 0. The molecule has 1 aromatic rings. The highest BCUT2D eigenvalue weighted by atomic mass is 16.3. The van der Waals surface area contributed by atoms with Gasteiger partial charge in [0.1, 0.15) is 0 Å². The van der Waals surface area contributed by atoms with Crippen LogP contribution in [0.15, 0.2) is 30.3 Å². The molecule has 2 aliphatic heterocycles. The highest BCUT2D eigenvalue weighted by Crippen LogP contribution is 2.25. The van der Waals surface area contributed by atoms with E-state index in [1.165, 1.54) is 31.5 Å². The Morgan fingerprint density at radius 2 is 1.90 bits per heavy atom. The topological polar surface area (TPSA) is 38.7 Å². The molecule has 2 heterocycles. The SMILES string of the molecule is CN1CCC(N2CC(c3ccccc3)NCC2CO)CC1. The van der Waals surface area contributed by atoms with Crippen molar-refractivity contribution in [3.8, 4) is 0 Å². The van der Waals surface area contributed by atoms with Gasteiger partial charge in [0.25, 0.3) is 0 Å². The Balaban J connectivity index is 1.70. The van der Waals surface area contributed by atoms with E-state index in [1.807, 2.05) is 0 Å². The first kappa shape index (κ1) is 15.0. The summed E-state index contributed by atoms with van der Waals surface area (Å²) in [5.41, 5.74) is 1.35. The number of piperazine rings is 1. The molecular formula is C17H27N3O. The second kappa shape index (κ2) is 6.88. The molecule has 0 aromatic heterocycles. The molecule has 0 spiro atoms. The zero-order valence-electron chi connectivity index (χ0n) is 12.9. The quantitative estimate of drug-likeness (QED) is 0.874. The fraction of sp³-hybridized carbons (Fsp3) is 0.647. The summed E-state index contributed by atoms with van der Waals surface area (Å²) in [6.07, 6.45) is 2.43. The minimum absolute atomic E-state index is 0.251. The molecule has 2 saturated heterocycles. The average molecular weight is 289 g/mol. The predicted molar refractivity (Wildman–Crippen MR) is 85.3 cm³/mol. The van der Waals surface area contributed by atoms with E-state index in [2.05, 4.69) is 52.5 Å². The monoisotopic (exact) mass is 289 g/mol. The third-order valence-electron chi connectivity index (χ3n) is 5.03. The van der Waals surface area contributed by atoms with Crippen molar-refractivity contribution < 1.29 is 5.11 Å². The molecule has 0 amide bonds. The third-order valence-corrected chi connectivity index (χ3v) is 5.03. The number of nitrogens with one attached hydrogen (secondary N) is 1. The van der Waals surface area contributed by atoms with Crippen LogP contribution in [0.4, 0.5) is 0 Å². The van der Waals surface area contributed by atoms with Gasteiger partial charge in [-0.2, -0.15) is 0 Å². The van der Waals surface area contributed by atoms with Crippen LogP contribution in [0.2, 0.25) is 0 Å². The van der Waals surface area contributed by atoms with Crippen LogP contribution in [-0.4, -0.2) is 66.8 Å². The van der Waals surface area contributed by atoms with Gasteiger partial charge in [0.15, 0.2) is 0 Å². The van der Waals surface area contributed by atoms with E-state index < -0.39 is 0 Å². The van der Waals surface area contributed by atoms with Crippen molar-refractivity contribution >= 4 is 0 Å². The second-order valence-corrected chi connectivity index (χ2v) is 6.44. The summed E-state index contributed by atoms with van der Waals surface area (Å²) >= 11 is 0. The number of piperidine rings is 1. The Kier molecular flexibility index (Phi) is 4.91. The minimum atomic E-state index is 0.251. The first-order valence-corrected chi connectivity index (χ1v) is 8.11. The first-order valence-electron chi connectivity index (χ1n) is 8.11. The van der Waals surface area contributed by atoms with Crippen LogP contribution < -0.4 is 5.32 Å². The van der Waals surface area contributed by atoms with Crippen LogP contribution in [-0.2, 0) is 0 Å². The standard InChI is InChI=1S/C17H27N3O/c1-19-9-7-15(8-10-19)20-12-17(18-11-16(20)13-21)14-5-3-2-4-6-14/h2-6,15-18,21H,7-13H2,1H3. The molecule has 2 aliphatic rings. The predicted octanol–water partition coefficient (Wildman–Crippen LogP) is 1.09. The minimum Gasteiger partial charge on any atom is -0.395 e. The van der Waals surface area contributed by atoms with Crippen LogP contribution in [0.25, 0.3) is 0 Å². The Hall–Kier alpha value is -0.940. The molecule has 3 rings (SSSR count). The van der Waals surface area contributed by atoms with Gasteiger partial charge in [-0.25, -0.2) is 0 Å². The van der Waals surface area contributed by atoms with Gasteiger partial charge in [-0.15, -0.1) is 0 Å². The maximum absolute atomic E-state index is 9.71. The molecule has 0 bridgehead atoms. The number of nitrogens with zero attached hydrogens (tertiary/aromatic N) is 2. The van der Waals surface area contributed by atoms with Crippen LogP contribution in [0.3, 0.4) is 0 Å². The molecule has 21 heavy (non-hydrogen) atoms.